The number of benzene rings is 2. The van der Waals surface area contributed by atoms with Crippen LogP contribution in [0.1, 0.15) is 18.1 Å². The monoisotopic (exact) mass is 291 g/mol. The summed E-state index contributed by atoms with van der Waals surface area (Å²) in [7, 11) is -4.25. The molecule has 0 spiro atoms. The Morgan fingerprint density at radius 3 is 2.20 bits per heavy atom. The number of rotatable bonds is 5. The van der Waals surface area contributed by atoms with E-state index >= 15 is 0 Å². The van der Waals surface area contributed by atoms with Gasteiger partial charge in [0.2, 0.25) is 0 Å². The highest BCUT2D eigenvalue weighted by Gasteiger charge is 2.20. The van der Waals surface area contributed by atoms with E-state index in [0.717, 1.165) is 15.4 Å². The lowest BCUT2D eigenvalue weighted by molar-refractivity contribution is 0.478. The molecule has 20 heavy (non-hydrogen) atoms. The number of hydrogen-bond acceptors (Lipinski definition) is 2. The van der Waals surface area contributed by atoms with E-state index in [-0.39, 0.29) is 6.54 Å². The van der Waals surface area contributed by atoms with E-state index in [4.69, 9.17) is 0 Å². The van der Waals surface area contributed by atoms with Gasteiger partial charge in [-0.15, -0.1) is 0 Å². The lowest BCUT2D eigenvalue weighted by atomic mass is 10.0. The first-order valence-corrected chi connectivity index (χ1v) is 7.79. The smallest absolute Gasteiger partial charge is 0.269 e. The van der Waals surface area contributed by atoms with Gasteiger partial charge in [0.05, 0.1) is 5.69 Å². The van der Waals surface area contributed by atoms with Crippen molar-refractivity contribution in [2.75, 3.05) is 10.8 Å². The first-order chi connectivity index (χ1) is 9.52. The fraction of sp³-hybridized carbons (Fsp3) is 0.200. The Morgan fingerprint density at radius 2 is 1.60 bits per heavy atom. The quantitative estimate of drug-likeness (QED) is 0.862. The van der Waals surface area contributed by atoms with Crippen molar-refractivity contribution in [1.82, 2.24) is 0 Å². The highest BCUT2D eigenvalue weighted by atomic mass is 32.2. The van der Waals surface area contributed by atoms with E-state index in [2.05, 4.69) is 0 Å². The highest BCUT2D eigenvalue weighted by Crippen LogP contribution is 2.24. The Labute approximate surface area is 119 Å². The Morgan fingerprint density at radius 1 is 1.00 bits per heavy atom. The molecule has 2 aromatic carbocycles. The third-order valence-electron chi connectivity index (χ3n) is 3.06. The molecule has 2 rings (SSSR count). The molecule has 5 heteroatoms. The van der Waals surface area contributed by atoms with Gasteiger partial charge in [-0.2, -0.15) is 8.42 Å². The number of nitrogens with zero attached hydrogens (tertiary/aromatic N) is 1. The van der Waals surface area contributed by atoms with Crippen LogP contribution in [0.5, 0.6) is 0 Å². The van der Waals surface area contributed by atoms with Gasteiger partial charge in [0, 0.05) is 6.54 Å². The van der Waals surface area contributed by atoms with Crippen LogP contribution >= 0.6 is 0 Å². The SMILES string of the molecule is CCN(c1ccccc1Cc1ccccc1)S(=O)(=O)O. The molecule has 0 aliphatic rings. The van der Waals surface area contributed by atoms with Crippen LogP contribution in [0.3, 0.4) is 0 Å². The van der Waals surface area contributed by atoms with E-state index in [1.807, 2.05) is 42.5 Å². The van der Waals surface area contributed by atoms with Crippen molar-refractivity contribution >= 4 is 16.0 Å². The van der Waals surface area contributed by atoms with Gasteiger partial charge in [-0.25, -0.2) is 4.31 Å². The topological polar surface area (TPSA) is 57.6 Å². The van der Waals surface area contributed by atoms with Gasteiger partial charge in [-0.3, -0.25) is 4.55 Å². The van der Waals surface area contributed by atoms with Crippen LogP contribution in [-0.2, 0) is 16.7 Å². The molecule has 1 N–H and O–H groups in total. The molecule has 0 unspecified atom stereocenters. The summed E-state index contributed by atoms with van der Waals surface area (Å²) in [6.45, 7) is 1.87. The van der Waals surface area contributed by atoms with E-state index in [9.17, 15) is 13.0 Å². The summed E-state index contributed by atoms with van der Waals surface area (Å²) in [4.78, 5) is 0. The van der Waals surface area contributed by atoms with Crippen LogP contribution in [0.25, 0.3) is 0 Å². The van der Waals surface area contributed by atoms with Crippen LogP contribution < -0.4 is 4.31 Å². The van der Waals surface area contributed by atoms with Gasteiger partial charge < -0.3 is 0 Å². The third-order valence-corrected chi connectivity index (χ3v) is 4.08. The molecule has 0 bridgehead atoms. The van der Waals surface area contributed by atoms with Crippen molar-refractivity contribution in [1.29, 1.82) is 0 Å². The molecule has 0 aliphatic heterocycles. The fourth-order valence-corrected chi connectivity index (χ4v) is 2.93. The van der Waals surface area contributed by atoms with Crippen molar-refractivity contribution in [3.05, 3.63) is 65.7 Å². The van der Waals surface area contributed by atoms with E-state index in [0.29, 0.717) is 12.1 Å². The third kappa shape index (κ3) is 3.37. The molecule has 106 valence electrons. The first kappa shape index (κ1) is 14.6. The minimum atomic E-state index is -4.25. The van der Waals surface area contributed by atoms with Gasteiger partial charge >= 0.3 is 10.3 Å². The molecule has 2 aromatic rings. The molecule has 0 fully saturated rings. The minimum absolute atomic E-state index is 0.185. The molecular weight excluding hydrogens is 274 g/mol. The predicted molar refractivity (Wildman–Crippen MR) is 80.3 cm³/mol. The molecule has 0 atom stereocenters. The van der Waals surface area contributed by atoms with Gasteiger partial charge in [-0.1, -0.05) is 48.5 Å². The lowest BCUT2D eigenvalue weighted by Crippen LogP contribution is -2.30. The minimum Gasteiger partial charge on any atom is -0.269 e. The summed E-state index contributed by atoms with van der Waals surface area (Å²) in [5.74, 6) is 0. The average molecular weight is 291 g/mol. The zero-order valence-corrected chi connectivity index (χ0v) is 12.0. The van der Waals surface area contributed by atoms with Crippen LogP contribution in [0, 0.1) is 0 Å². The first-order valence-electron chi connectivity index (χ1n) is 6.39. The Kier molecular flexibility index (Phi) is 4.42. The van der Waals surface area contributed by atoms with Gasteiger partial charge in [0.15, 0.2) is 0 Å². The van der Waals surface area contributed by atoms with E-state index < -0.39 is 10.3 Å². The van der Waals surface area contributed by atoms with Crippen molar-refractivity contribution in [3.8, 4) is 0 Å². The average Bonchev–Trinajstić information content (AvgIpc) is 2.41. The second kappa shape index (κ2) is 6.07. The van der Waals surface area contributed by atoms with Crippen molar-refractivity contribution in [3.63, 3.8) is 0 Å². The zero-order chi connectivity index (χ0) is 14.6. The molecule has 4 nitrogen and oxygen atoms in total. The molecule has 0 saturated heterocycles. The molecule has 0 radical (unpaired) electrons. The van der Waals surface area contributed by atoms with Gasteiger partial charge in [-0.05, 0) is 30.5 Å². The summed E-state index contributed by atoms with van der Waals surface area (Å²) in [6, 6.07) is 17.0. The fourth-order valence-electron chi connectivity index (χ4n) is 2.18. The second-order valence-corrected chi connectivity index (χ2v) is 5.77. The Balaban J connectivity index is 2.40. The maximum Gasteiger partial charge on any atom is 0.359 e. The molecule has 0 aromatic heterocycles. The maximum absolute atomic E-state index is 11.4. The number of anilines is 1. The summed E-state index contributed by atoms with van der Waals surface area (Å²) >= 11 is 0. The molecule has 0 aliphatic carbocycles. The van der Waals surface area contributed by atoms with E-state index in [1.165, 1.54) is 0 Å². The zero-order valence-electron chi connectivity index (χ0n) is 11.2. The Hall–Kier alpha value is -1.85. The molecule has 0 heterocycles. The van der Waals surface area contributed by atoms with Crippen molar-refractivity contribution in [2.45, 2.75) is 13.3 Å². The van der Waals surface area contributed by atoms with E-state index in [1.54, 1.807) is 19.1 Å². The number of para-hydroxylation sites is 1. The van der Waals surface area contributed by atoms with Crippen LogP contribution in [0.2, 0.25) is 0 Å². The predicted octanol–water partition coefficient (Wildman–Crippen LogP) is 2.91. The summed E-state index contributed by atoms with van der Waals surface area (Å²) in [6.07, 6.45) is 0.614. The summed E-state index contributed by atoms with van der Waals surface area (Å²) in [5, 5.41) is 0. The second-order valence-electron chi connectivity index (χ2n) is 4.43. The standard InChI is InChI=1S/C15H17NO3S/c1-2-16(20(17,18)19)15-11-7-6-10-14(15)12-13-8-4-3-5-9-13/h3-11H,2,12H2,1H3,(H,17,18,19). The molecule has 0 saturated carbocycles. The lowest BCUT2D eigenvalue weighted by Gasteiger charge is -2.22. The summed E-state index contributed by atoms with van der Waals surface area (Å²) < 4.78 is 33.2. The maximum atomic E-state index is 11.4. The van der Waals surface area contributed by atoms with Crippen molar-refractivity contribution in [2.24, 2.45) is 0 Å². The van der Waals surface area contributed by atoms with Gasteiger partial charge in [0.1, 0.15) is 0 Å². The largest absolute Gasteiger partial charge is 0.359 e. The normalized spacial score (nSPS) is 11.3. The van der Waals surface area contributed by atoms with Crippen molar-refractivity contribution < 1.29 is 13.0 Å². The van der Waals surface area contributed by atoms with Crippen LogP contribution in [0.15, 0.2) is 54.6 Å². The number of hydrogen-bond donors (Lipinski definition) is 1. The molecular formula is C15H17NO3S. The Bertz CT molecular complexity index is 669. The highest BCUT2D eigenvalue weighted by molar-refractivity contribution is 7.87. The molecule has 0 amide bonds. The van der Waals surface area contributed by atoms with Crippen LogP contribution in [0.4, 0.5) is 5.69 Å². The summed E-state index contributed by atoms with van der Waals surface area (Å²) in [5.41, 5.74) is 2.46. The van der Waals surface area contributed by atoms with Gasteiger partial charge in [0.25, 0.3) is 0 Å². The van der Waals surface area contributed by atoms with Crippen LogP contribution in [-0.4, -0.2) is 19.5 Å².